The van der Waals surface area contributed by atoms with E-state index < -0.39 is 32.5 Å². The molecular formula is C37H38N4O8S2. The Morgan fingerprint density at radius 1 is 0.706 bits per heavy atom. The molecule has 0 atom stereocenters. The first kappa shape index (κ1) is 37.0. The van der Waals surface area contributed by atoms with Crippen molar-refractivity contribution in [2.75, 3.05) is 20.8 Å². The Morgan fingerprint density at radius 3 is 1.88 bits per heavy atom. The smallest absolute Gasteiger partial charge is 0.255 e. The van der Waals surface area contributed by atoms with Crippen LogP contribution < -0.4 is 14.9 Å². The number of amides is 1. The second kappa shape index (κ2) is 16.6. The van der Waals surface area contributed by atoms with Gasteiger partial charge in [0.2, 0.25) is 20.0 Å². The number of hydrazone groups is 1. The summed E-state index contributed by atoms with van der Waals surface area (Å²) < 4.78 is 73.7. The Balaban J connectivity index is 1.29. The van der Waals surface area contributed by atoms with Crippen LogP contribution >= 0.6 is 0 Å². The molecule has 0 spiro atoms. The van der Waals surface area contributed by atoms with Gasteiger partial charge in [-0.15, -0.1) is 0 Å². The van der Waals surface area contributed by atoms with Gasteiger partial charge in [0.1, 0.15) is 11.5 Å². The number of carbonyl (C=O) groups is 1. The van der Waals surface area contributed by atoms with Crippen LogP contribution in [0.25, 0.3) is 0 Å². The molecule has 1 amide bonds. The highest BCUT2D eigenvalue weighted by molar-refractivity contribution is 7.89. The topological polar surface area (TPSA) is 148 Å². The maximum absolute atomic E-state index is 13.8. The molecule has 5 rings (SSSR count). The summed E-state index contributed by atoms with van der Waals surface area (Å²) in [5.74, 6) is 0.481. The first-order chi connectivity index (χ1) is 24.5. The average Bonchev–Trinajstić information content (AvgIpc) is 3.58. The van der Waals surface area contributed by atoms with Crippen molar-refractivity contribution in [3.05, 3.63) is 143 Å². The van der Waals surface area contributed by atoms with Gasteiger partial charge in [-0.1, -0.05) is 78.4 Å². The average molecular weight is 731 g/mol. The highest BCUT2D eigenvalue weighted by Crippen LogP contribution is 2.31. The van der Waals surface area contributed by atoms with Gasteiger partial charge in [0.05, 0.1) is 43.3 Å². The summed E-state index contributed by atoms with van der Waals surface area (Å²) in [4.78, 5) is 13.1. The molecule has 12 nitrogen and oxygen atoms in total. The normalized spacial score (nSPS) is 12.0. The van der Waals surface area contributed by atoms with Crippen LogP contribution in [0.2, 0.25) is 0 Å². The lowest BCUT2D eigenvalue weighted by atomic mass is 10.2. The third kappa shape index (κ3) is 9.49. The maximum Gasteiger partial charge on any atom is 0.255 e. The summed E-state index contributed by atoms with van der Waals surface area (Å²) in [6, 6.07) is 32.2. The zero-order chi connectivity index (χ0) is 36.4. The summed E-state index contributed by atoms with van der Waals surface area (Å²) in [6.07, 6.45) is 1.25. The second-order valence-electron chi connectivity index (χ2n) is 11.4. The summed E-state index contributed by atoms with van der Waals surface area (Å²) in [5, 5.41) is 3.96. The fourth-order valence-corrected chi connectivity index (χ4v) is 7.89. The van der Waals surface area contributed by atoms with Crippen molar-refractivity contribution < 1.29 is 35.5 Å². The molecule has 51 heavy (non-hydrogen) atoms. The summed E-state index contributed by atoms with van der Waals surface area (Å²) in [7, 11) is -5.23. The van der Waals surface area contributed by atoms with Crippen LogP contribution in [0.1, 0.15) is 28.2 Å². The number of methoxy groups -OCH3 is 2. The van der Waals surface area contributed by atoms with E-state index in [1.165, 1.54) is 42.9 Å². The van der Waals surface area contributed by atoms with Crippen molar-refractivity contribution >= 4 is 32.2 Å². The van der Waals surface area contributed by atoms with Crippen LogP contribution in [0, 0.1) is 6.92 Å². The molecule has 0 aliphatic heterocycles. The molecular weight excluding hydrogens is 693 g/mol. The fraction of sp³-hybridized carbons (Fsp3) is 0.189. The van der Waals surface area contributed by atoms with Crippen LogP contribution in [-0.2, 0) is 44.5 Å². The van der Waals surface area contributed by atoms with Gasteiger partial charge in [0, 0.05) is 19.2 Å². The lowest BCUT2D eigenvalue weighted by Crippen LogP contribution is -2.39. The minimum atomic E-state index is -4.18. The number of furan rings is 1. The number of nitrogens with one attached hydrogen (secondary N) is 1. The quantitative estimate of drug-likeness (QED) is 0.106. The number of carbonyl (C=O) groups excluding carboxylic acids is 1. The first-order valence-corrected chi connectivity index (χ1v) is 18.6. The van der Waals surface area contributed by atoms with E-state index in [9.17, 15) is 21.6 Å². The number of hydrogen-bond acceptors (Lipinski definition) is 9. The van der Waals surface area contributed by atoms with Crippen LogP contribution in [0.4, 0.5) is 0 Å². The van der Waals surface area contributed by atoms with E-state index in [0.717, 1.165) is 15.4 Å². The number of benzene rings is 4. The molecule has 0 radical (unpaired) electrons. The number of sulfonamides is 2. The van der Waals surface area contributed by atoms with Crippen molar-refractivity contribution in [3.8, 4) is 11.5 Å². The highest BCUT2D eigenvalue weighted by atomic mass is 32.2. The van der Waals surface area contributed by atoms with Gasteiger partial charge >= 0.3 is 0 Å². The van der Waals surface area contributed by atoms with Gasteiger partial charge in [-0.25, -0.2) is 22.3 Å². The van der Waals surface area contributed by atoms with Gasteiger partial charge in [0.15, 0.2) is 11.5 Å². The Bertz CT molecular complexity index is 2170. The fourth-order valence-electron chi connectivity index (χ4n) is 5.10. The third-order valence-corrected chi connectivity index (χ3v) is 11.4. The van der Waals surface area contributed by atoms with Gasteiger partial charge in [-0.2, -0.15) is 13.7 Å². The Morgan fingerprint density at radius 2 is 1.27 bits per heavy atom. The molecule has 0 aliphatic rings. The van der Waals surface area contributed by atoms with Gasteiger partial charge in [0.25, 0.3) is 5.91 Å². The summed E-state index contributed by atoms with van der Waals surface area (Å²) >= 11 is 0. The molecule has 1 heterocycles. The zero-order valence-electron chi connectivity index (χ0n) is 28.3. The van der Waals surface area contributed by atoms with E-state index in [1.54, 1.807) is 60.7 Å². The van der Waals surface area contributed by atoms with E-state index in [2.05, 4.69) is 10.5 Å². The van der Waals surface area contributed by atoms with Gasteiger partial charge < -0.3 is 13.9 Å². The Labute approximate surface area is 298 Å². The number of aryl methyl sites for hydroxylation is 1. The van der Waals surface area contributed by atoms with Crippen molar-refractivity contribution in [2.24, 2.45) is 5.10 Å². The molecule has 0 saturated carbocycles. The molecule has 0 fully saturated rings. The molecule has 4 aromatic carbocycles. The van der Waals surface area contributed by atoms with E-state index in [4.69, 9.17) is 13.9 Å². The molecule has 0 bridgehead atoms. The van der Waals surface area contributed by atoms with Crippen LogP contribution in [0.5, 0.6) is 11.5 Å². The van der Waals surface area contributed by atoms with Gasteiger partial charge in [-0.05, 0) is 54.4 Å². The summed E-state index contributed by atoms with van der Waals surface area (Å²) in [6.45, 7) is 1.31. The van der Waals surface area contributed by atoms with Crippen molar-refractivity contribution in [2.45, 2.75) is 36.3 Å². The predicted octanol–water partition coefficient (Wildman–Crippen LogP) is 5.34. The molecule has 14 heteroatoms. The molecule has 5 aromatic rings. The molecule has 1 N–H and O–H groups in total. The zero-order valence-corrected chi connectivity index (χ0v) is 29.9. The number of nitrogens with zero attached hydrogens (tertiary/aromatic N) is 3. The first-order valence-electron chi connectivity index (χ1n) is 15.8. The Hall–Kier alpha value is -5.28. The lowest BCUT2D eigenvalue weighted by Gasteiger charge is -2.22. The monoisotopic (exact) mass is 730 g/mol. The maximum atomic E-state index is 13.8. The second-order valence-corrected chi connectivity index (χ2v) is 15.3. The van der Waals surface area contributed by atoms with Crippen LogP contribution in [0.15, 0.2) is 135 Å². The molecule has 0 saturated heterocycles. The van der Waals surface area contributed by atoms with Gasteiger partial charge in [-0.3, -0.25) is 4.79 Å². The molecule has 0 unspecified atom stereocenters. The number of ether oxygens (including phenoxy) is 2. The lowest BCUT2D eigenvalue weighted by molar-refractivity contribution is -0.121. The standard InChI is InChI=1S/C37H38N4O8S2/c1-28-14-18-33(19-15-28)50(43,44)40(24-29-10-6-4-7-11-29)26-32-17-16-31(49-32)23-38-39-37(42)27-41(25-30-12-8-5-9-13-30)51(45,46)34-20-21-35(47-2)36(22-34)48-3/h4-23H,24-27H2,1-3H3,(H,39,42)/b38-23-. The molecule has 0 aliphatic carbocycles. The SMILES string of the molecule is COc1ccc(S(=O)(=O)N(CC(=O)N/N=C\c2ccc(CN(Cc3ccccc3)S(=O)(=O)c3ccc(C)cc3)o2)Cc2ccccc2)cc1OC. The molecule has 1 aromatic heterocycles. The largest absolute Gasteiger partial charge is 0.493 e. The van der Waals surface area contributed by atoms with E-state index >= 15 is 0 Å². The molecule has 266 valence electrons. The highest BCUT2D eigenvalue weighted by Gasteiger charge is 2.29. The van der Waals surface area contributed by atoms with Crippen molar-refractivity contribution in [1.82, 2.24) is 14.0 Å². The van der Waals surface area contributed by atoms with E-state index in [-0.39, 0.29) is 40.9 Å². The van der Waals surface area contributed by atoms with E-state index in [1.807, 2.05) is 43.3 Å². The summed E-state index contributed by atoms with van der Waals surface area (Å²) in [5.41, 5.74) is 4.77. The minimum absolute atomic E-state index is 0.0618. The van der Waals surface area contributed by atoms with Crippen molar-refractivity contribution in [1.29, 1.82) is 0 Å². The van der Waals surface area contributed by atoms with Crippen LogP contribution in [0.3, 0.4) is 0 Å². The van der Waals surface area contributed by atoms with E-state index in [0.29, 0.717) is 17.1 Å². The number of rotatable bonds is 16. The minimum Gasteiger partial charge on any atom is -0.493 e. The van der Waals surface area contributed by atoms with Crippen LogP contribution in [-0.4, -0.2) is 58.3 Å². The Kier molecular flexibility index (Phi) is 12.1. The third-order valence-electron chi connectivity index (χ3n) is 7.77. The number of hydrogen-bond donors (Lipinski definition) is 1. The predicted molar refractivity (Wildman–Crippen MR) is 192 cm³/mol. The van der Waals surface area contributed by atoms with Crippen molar-refractivity contribution in [3.63, 3.8) is 0 Å².